The van der Waals surface area contributed by atoms with Crippen LogP contribution in [-0.2, 0) is 13.0 Å². The molecule has 8 heteroatoms. The van der Waals surface area contributed by atoms with E-state index in [1.807, 2.05) is 28.8 Å². The summed E-state index contributed by atoms with van der Waals surface area (Å²) in [5.41, 5.74) is 6.05. The van der Waals surface area contributed by atoms with Crippen molar-refractivity contribution in [1.82, 2.24) is 4.57 Å². The molecule has 1 atom stereocenters. The number of methoxy groups -OCH3 is 1. The molecule has 3 aromatic carbocycles. The number of benzene rings is 3. The molecule has 0 saturated carbocycles. The van der Waals surface area contributed by atoms with E-state index < -0.39 is 0 Å². The van der Waals surface area contributed by atoms with Crippen molar-refractivity contribution < 1.29 is 13.9 Å². The fourth-order valence-electron chi connectivity index (χ4n) is 5.53. The number of thiophene rings is 1. The number of rotatable bonds is 6. The van der Waals surface area contributed by atoms with Gasteiger partial charge in [-0.3, -0.25) is 0 Å². The van der Waals surface area contributed by atoms with Gasteiger partial charge in [-0.2, -0.15) is 0 Å². The first-order valence-corrected chi connectivity index (χ1v) is 15.9. The molecular formula is C33H25FN2O3SSe. The molecule has 0 N–H and O–H groups in total. The monoisotopic (exact) mass is 628 g/mol. The molecule has 0 amide bonds. The SMILES string of the molecule is COc1cc(/C=c2\[se]c3n(c2=O)C(c2cccs2)C2=C(N=3)c3ccccc3CC2)ccc1OCc1ccccc1F. The van der Waals surface area contributed by atoms with Crippen LogP contribution in [0, 0.1) is 5.82 Å². The Balaban J connectivity index is 1.29. The first kappa shape index (κ1) is 26.0. The predicted molar refractivity (Wildman–Crippen MR) is 160 cm³/mol. The standard InChI is InChI=1S/C33H25FN2O3SSe/c1-38-27-17-20(12-15-26(27)39-19-22-8-3-5-10-25(22)34)18-29-32(37)36-31(28-11-6-16-40-28)24-14-13-21-7-2-4-9-23(21)30(24)35-33(36)41-29/h2-12,15-18,31H,13-14,19H2,1H3/b29-18-. The molecular weight excluding hydrogens is 602 g/mol. The van der Waals surface area contributed by atoms with E-state index in [1.54, 1.807) is 42.7 Å². The van der Waals surface area contributed by atoms with Gasteiger partial charge in [-0.05, 0) is 0 Å². The summed E-state index contributed by atoms with van der Waals surface area (Å²) in [6.45, 7) is 0.0880. The number of nitrogens with zero attached hydrogens (tertiary/aromatic N) is 2. The summed E-state index contributed by atoms with van der Waals surface area (Å²) in [6, 6.07) is 24.6. The maximum atomic E-state index is 14.1. The molecule has 0 bridgehead atoms. The van der Waals surface area contributed by atoms with E-state index in [0.29, 0.717) is 17.1 Å². The molecule has 1 unspecified atom stereocenters. The summed E-state index contributed by atoms with van der Waals surface area (Å²) in [4.78, 5) is 20.3. The van der Waals surface area contributed by atoms with Crippen LogP contribution >= 0.6 is 11.3 Å². The van der Waals surface area contributed by atoms with Crippen LogP contribution in [0.25, 0.3) is 11.8 Å². The summed E-state index contributed by atoms with van der Waals surface area (Å²) in [5, 5.41) is 2.07. The summed E-state index contributed by atoms with van der Waals surface area (Å²) in [7, 11) is 1.57. The Labute approximate surface area is 245 Å². The van der Waals surface area contributed by atoms with Crippen molar-refractivity contribution in [2.45, 2.75) is 25.5 Å². The Bertz CT molecular complexity index is 1990. The molecule has 3 heterocycles. The molecule has 5 aromatic rings. The number of halogens is 1. The Kier molecular flexibility index (Phi) is 6.83. The van der Waals surface area contributed by atoms with Gasteiger partial charge < -0.3 is 0 Å². The fraction of sp³-hybridized carbons (Fsp3) is 0.152. The number of allylic oxidation sites excluding steroid dienone is 1. The summed E-state index contributed by atoms with van der Waals surface area (Å²) >= 11 is 1.42. The fourth-order valence-corrected chi connectivity index (χ4v) is 8.48. The molecule has 2 aliphatic rings. The van der Waals surface area contributed by atoms with Crippen molar-refractivity contribution in [1.29, 1.82) is 0 Å². The summed E-state index contributed by atoms with van der Waals surface area (Å²) in [6.07, 6.45) is 3.76. The van der Waals surface area contributed by atoms with Gasteiger partial charge in [0.1, 0.15) is 0 Å². The van der Waals surface area contributed by atoms with Gasteiger partial charge in [-0.1, -0.05) is 0 Å². The molecule has 7 rings (SSSR count). The van der Waals surface area contributed by atoms with Crippen molar-refractivity contribution in [2.24, 2.45) is 4.99 Å². The quantitative estimate of drug-likeness (QED) is 0.246. The number of aryl methyl sites for hydroxylation is 1. The molecule has 0 saturated heterocycles. The molecule has 0 fully saturated rings. The van der Waals surface area contributed by atoms with Crippen LogP contribution in [-0.4, -0.2) is 26.2 Å². The van der Waals surface area contributed by atoms with Gasteiger partial charge >= 0.3 is 247 Å². The van der Waals surface area contributed by atoms with Gasteiger partial charge in [-0.15, -0.1) is 0 Å². The Morgan fingerprint density at radius 2 is 1.90 bits per heavy atom. The third-order valence-corrected chi connectivity index (χ3v) is 10.5. The van der Waals surface area contributed by atoms with E-state index in [-0.39, 0.29) is 38.5 Å². The van der Waals surface area contributed by atoms with Crippen LogP contribution in [0.15, 0.2) is 99.6 Å². The number of hydrogen-bond acceptors (Lipinski definition) is 5. The first-order chi connectivity index (χ1) is 20.1. The Morgan fingerprint density at radius 1 is 1.05 bits per heavy atom. The normalized spacial score (nSPS) is 16.0. The number of aromatic nitrogens is 1. The van der Waals surface area contributed by atoms with Crippen molar-refractivity contribution in [2.75, 3.05) is 7.11 Å². The third-order valence-electron chi connectivity index (χ3n) is 7.51. The minimum atomic E-state index is -0.310. The second-order valence-electron chi connectivity index (χ2n) is 9.92. The maximum absolute atomic E-state index is 14.1. The van der Waals surface area contributed by atoms with E-state index in [4.69, 9.17) is 14.5 Å². The zero-order valence-corrected chi connectivity index (χ0v) is 24.7. The topological polar surface area (TPSA) is 52.8 Å². The minimum absolute atomic E-state index is 0.00593. The van der Waals surface area contributed by atoms with Crippen LogP contribution in [0.3, 0.4) is 0 Å². The van der Waals surface area contributed by atoms with E-state index >= 15 is 0 Å². The Morgan fingerprint density at radius 3 is 2.73 bits per heavy atom. The molecule has 5 nitrogen and oxygen atoms in total. The van der Waals surface area contributed by atoms with E-state index in [1.165, 1.54) is 22.8 Å². The molecule has 204 valence electrons. The van der Waals surface area contributed by atoms with Crippen molar-refractivity contribution >= 4 is 37.6 Å². The van der Waals surface area contributed by atoms with Crippen molar-refractivity contribution in [3.63, 3.8) is 0 Å². The summed E-state index contributed by atoms with van der Waals surface area (Å²) < 4.78 is 29.0. The third kappa shape index (κ3) is 4.72. The number of fused-ring (bicyclic) bond motifs is 3. The van der Waals surface area contributed by atoms with E-state index in [0.717, 1.165) is 37.4 Å². The van der Waals surface area contributed by atoms with Gasteiger partial charge in [-0.25, -0.2) is 0 Å². The summed E-state index contributed by atoms with van der Waals surface area (Å²) in [5.74, 6) is 0.722. The van der Waals surface area contributed by atoms with Gasteiger partial charge in [0, 0.05) is 0 Å². The molecule has 2 aromatic heterocycles. The number of ether oxygens (including phenoxy) is 2. The zero-order valence-electron chi connectivity index (χ0n) is 22.2. The van der Waals surface area contributed by atoms with Crippen LogP contribution in [0.5, 0.6) is 11.5 Å². The Hall–Kier alpha value is -3.97. The second-order valence-corrected chi connectivity index (χ2v) is 13.0. The second kappa shape index (κ2) is 10.8. The van der Waals surface area contributed by atoms with Gasteiger partial charge in [0.2, 0.25) is 0 Å². The van der Waals surface area contributed by atoms with Crippen LogP contribution in [0.1, 0.15) is 39.6 Å². The molecule has 1 aliphatic heterocycles. The molecule has 0 radical (unpaired) electrons. The predicted octanol–water partition coefficient (Wildman–Crippen LogP) is 5.10. The van der Waals surface area contributed by atoms with Gasteiger partial charge in [0.15, 0.2) is 0 Å². The molecule has 1 aliphatic carbocycles. The zero-order chi connectivity index (χ0) is 27.9. The van der Waals surface area contributed by atoms with Crippen LogP contribution in [0.4, 0.5) is 4.39 Å². The first-order valence-electron chi connectivity index (χ1n) is 13.3. The van der Waals surface area contributed by atoms with Gasteiger partial charge in [0.25, 0.3) is 0 Å². The van der Waals surface area contributed by atoms with E-state index in [9.17, 15) is 9.18 Å². The van der Waals surface area contributed by atoms with E-state index in [2.05, 4.69) is 35.7 Å². The average molecular weight is 628 g/mol. The van der Waals surface area contributed by atoms with Crippen LogP contribution in [0.2, 0.25) is 0 Å². The average Bonchev–Trinajstić information content (AvgIpc) is 3.64. The number of hydrogen-bond donors (Lipinski definition) is 0. The molecule has 0 spiro atoms. The van der Waals surface area contributed by atoms with Gasteiger partial charge in [0.05, 0.1) is 0 Å². The molecule has 41 heavy (non-hydrogen) atoms. The van der Waals surface area contributed by atoms with Crippen molar-refractivity contribution in [3.8, 4) is 11.5 Å². The van der Waals surface area contributed by atoms with Crippen molar-refractivity contribution in [3.05, 3.63) is 142 Å². The van der Waals surface area contributed by atoms with Crippen LogP contribution < -0.4 is 23.5 Å².